The SMILES string of the molecule is c1ccc(CCN2CCC(Nc3nccs3)C2)cc1. The van der Waals surface area contributed by atoms with Crippen LogP contribution in [0.15, 0.2) is 41.9 Å². The minimum Gasteiger partial charge on any atom is -0.357 e. The summed E-state index contributed by atoms with van der Waals surface area (Å²) in [5, 5.41) is 6.58. The molecule has 1 N–H and O–H groups in total. The molecule has 1 unspecified atom stereocenters. The summed E-state index contributed by atoms with van der Waals surface area (Å²) in [5.41, 5.74) is 1.43. The van der Waals surface area contributed by atoms with Gasteiger partial charge in [-0.25, -0.2) is 4.98 Å². The third-order valence-electron chi connectivity index (χ3n) is 3.59. The largest absolute Gasteiger partial charge is 0.357 e. The first kappa shape index (κ1) is 12.6. The lowest BCUT2D eigenvalue weighted by atomic mass is 10.1. The highest BCUT2D eigenvalue weighted by atomic mass is 32.1. The second kappa shape index (κ2) is 6.17. The van der Waals surface area contributed by atoms with Gasteiger partial charge >= 0.3 is 0 Å². The molecule has 2 heterocycles. The van der Waals surface area contributed by atoms with Crippen LogP contribution in [-0.4, -0.2) is 35.6 Å². The van der Waals surface area contributed by atoms with Gasteiger partial charge in [-0.15, -0.1) is 11.3 Å². The summed E-state index contributed by atoms with van der Waals surface area (Å²) in [4.78, 5) is 6.83. The zero-order valence-corrected chi connectivity index (χ0v) is 11.8. The van der Waals surface area contributed by atoms with Gasteiger partial charge in [-0.2, -0.15) is 0 Å². The molecule has 2 aromatic rings. The molecule has 4 heteroatoms. The third-order valence-corrected chi connectivity index (χ3v) is 4.30. The van der Waals surface area contributed by atoms with E-state index in [1.807, 2.05) is 11.6 Å². The molecule has 3 rings (SSSR count). The van der Waals surface area contributed by atoms with Gasteiger partial charge in [0.1, 0.15) is 0 Å². The van der Waals surface area contributed by atoms with Gasteiger partial charge < -0.3 is 10.2 Å². The van der Waals surface area contributed by atoms with Crippen molar-refractivity contribution in [3.63, 3.8) is 0 Å². The molecule has 1 aromatic carbocycles. The average Bonchev–Trinajstić information content (AvgIpc) is 3.10. The first-order chi connectivity index (χ1) is 9.40. The van der Waals surface area contributed by atoms with E-state index in [0.717, 1.165) is 24.6 Å². The highest BCUT2D eigenvalue weighted by Gasteiger charge is 2.22. The molecule has 1 aliphatic heterocycles. The zero-order chi connectivity index (χ0) is 12.9. The van der Waals surface area contributed by atoms with Crippen LogP contribution < -0.4 is 5.32 Å². The van der Waals surface area contributed by atoms with E-state index < -0.39 is 0 Å². The first-order valence-electron chi connectivity index (χ1n) is 6.82. The van der Waals surface area contributed by atoms with Gasteiger partial charge in [0.15, 0.2) is 5.13 Å². The summed E-state index contributed by atoms with van der Waals surface area (Å²) in [6.45, 7) is 3.47. The maximum atomic E-state index is 4.29. The number of hydrogen-bond acceptors (Lipinski definition) is 4. The van der Waals surface area contributed by atoms with Crippen LogP contribution in [0.1, 0.15) is 12.0 Å². The van der Waals surface area contributed by atoms with Crippen LogP contribution in [0.2, 0.25) is 0 Å². The molecule has 100 valence electrons. The summed E-state index contributed by atoms with van der Waals surface area (Å²) >= 11 is 1.68. The van der Waals surface area contributed by atoms with Crippen molar-refractivity contribution >= 4 is 16.5 Å². The van der Waals surface area contributed by atoms with Crippen LogP contribution in [0, 0.1) is 0 Å². The second-order valence-corrected chi connectivity index (χ2v) is 5.90. The zero-order valence-electron chi connectivity index (χ0n) is 11.0. The molecule has 3 nitrogen and oxygen atoms in total. The lowest BCUT2D eigenvalue weighted by Gasteiger charge is -2.16. The highest BCUT2D eigenvalue weighted by molar-refractivity contribution is 7.13. The number of hydrogen-bond donors (Lipinski definition) is 1. The van der Waals surface area contributed by atoms with Crippen LogP contribution in [-0.2, 0) is 6.42 Å². The quantitative estimate of drug-likeness (QED) is 0.908. The Labute approximate surface area is 118 Å². The molecule has 1 atom stereocenters. The van der Waals surface area contributed by atoms with Crippen LogP contribution in [0.3, 0.4) is 0 Å². The molecule has 0 amide bonds. The van der Waals surface area contributed by atoms with E-state index in [1.54, 1.807) is 11.3 Å². The number of rotatable bonds is 5. The number of nitrogens with zero attached hydrogens (tertiary/aromatic N) is 2. The van der Waals surface area contributed by atoms with E-state index >= 15 is 0 Å². The van der Waals surface area contributed by atoms with E-state index in [4.69, 9.17) is 0 Å². The third kappa shape index (κ3) is 3.55. The monoisotopic (exact) mass is 273 g/mol. The Bertz CT molecular complexity index is 483. The Hall–Kier alpha value is -1.39. The number of benzene rings is 1. The fraction of sp³-hybridized carbons (Fsp3) is 0.400. The summed E-state index contributed by atoms with van der Waals surface area (Å²) in [6.07, 6.45) is 4.22. The van der Waals surface area contributed by atoms with Crippen molar-refractivity contribution in [3.8, 4) is 0 Å². The summed E-state index contributed by atoms with van der Waals surface area (Å²) < 4.78 is 0. The fourth-order valence-electron chi connectivity index (χ4n) is 2.55. The predicted molar refractivity (Wildman–Crippen MR) is 80.7 cm³/mol. The second-order valence-electron chi connectivity index (χ2n) is 5.00. The van der Waals surface area contributed by atoms with Gasteiger partial charge in [0.25, 0.3) is 0 Å². The lowest BCUT2D eigenvalue weighted by Crippen LogP contribution is -2.27. The number of thiazole rings is 1. The Kier molecular flexibility index (Phi) is 4.10. The Morgan fingerprint density at radius 1 is 1.32 bits per heavy atom. The van der Waals surface area contributed by atoms with Crippen molar-refractivity contribution in [2.45, 2.75) is 18.9 Å². The van der Waals surface area contributed by atoms with Crippen LogP contribution in [0.4, 0.5) is 5.13 Å². The fourth-order valence-corrected chi connectivity index (χ4v) is 3.16. The Morgan fingerprint density at radius 3 is 3.00 bits per heavy atom. The van der Waals surface area contributed by atoms with Crippen LogP contribution >= 0.6 is 11.3 Å². The molecule has 0 bridgehead atoms. The molecule has 1 aromatic heterocycles. The minimum absolute atomic E-state index is 0.557. The number of aromatic nitrogens is 1. The van der Waals surface area contributed by atoms with Gasteiger partial charge in [0, 0.05) is 37.3 Å². The van der Waals surface area contributed by atoms with Crippen molar-refractivity contribution in [2.24, 2.45) is 0 Å². The van der Waals surface area contributed by atoms with Crippen molar-refractivity contribution in [1.82, 2.24) is 9.88 Å². The van der Waals surface area contributed by atoms with E-state index in [-0.39, 0.29) is 0 Å². The molecule has 0 radical (unpaired) electrons. The average molecular weight is 273 g/mol. The summed E-state index contributed by atoms with van der Waals surface area (Å²) in [7, 11) is 0. The lowest BCUT2D eigenvalue weighted by molar-refractivity contribution is 0.340. The smallest absolute Gasteiger partial charge is 0.182 e. The van der Waals surface area contributed by atoms with Gasteiger partial charge in [-0.3, -0.25) is 0 Å². The molecule has 1 aliphatic rings. The number of nitrogens with one attached hydrogen (secondary N) is 1. The number of likely N-dealkylation sites (tertiary alicyclic amines) is 1. The van der Waals surface area contributed by atoms with Crippen molar-refractivity contribution < 1.29 is 0 Å². The standard InChI is InChI=1S/C15H19N3S/c1-2-4-13(5-3-1)6-9-18-10-7-14(12-18)17-15-16-8-11-19-15/h1-5,8,11,14H,6-7,9-10,12H2,(H,16,17). The van der Waals surface area contributed by atoms with E-state index in [1.165, 1.54) is 18.5 Å². The molecule has 1 fully saturated rings. The highest BCUT2D eigenvalue weighted by Crippen LogP contribution is 2.17. The van der Waals surface area contributed by atoms with Crippen molar-refractivity contribution in [1.29, 1.82) is 0 Å². The van der Waals surface area contributed by atoms with E-state index in [0.29, 0.717) is 6.04 Å². The predicted octanol–water partition coefficient (Wildman–Crippen LogP) is 2.87. The van der Waals surface area contributed by atoms with E-state index in [2.05, 4.69) is 45.5 Å². The van der Waals surface area contributed by atoms with Crippen molar-refractivity contribution in [2.75, 3.05) is 25.0 Å². The molecule has 19 heavy (non-hydrogen) atoms. The van der Waals surface area contributed by atoms with Gasteiger partial charge in [-0.05, 0) is 18.4 Å². The normalized spacial score (nSPS) is 19.7. The first-order valence-corrected chi connectivity index (χ1v) is 7.70. The minimum atomic E-state index is 0.557. The summed E-state index contributed by atoms with van der Waals surface area (Å²) in [5.74, 6) is 0. The maximum absolute atomic E-state index is 4.29. The number of anilines is 1. The van der Waals surface area contributed by atoms with Crippen molar-refractivity contribution in [3.05, 3.63) is 47.5 Å². The molecule has 1 saturated heterocycles. The molecular weight excluding hydrogens is 254 g/mol. The summed E-state index contributed by atoms with van der Waals surface area (Å²) in [6, 6.07) is 11.3. The van der Waals surface area contributed by atoms with Gasteiger partial charge in [-0.1, -0.05) is 30.3 Å². The van der Waals surface area contributed by atoms with E-state index in [9.17, 15) is 0 Å². The van der Waals surface area contributed by atoms with Gasteiger partial charge in [0.05, 0.1) is 0 Å². The van der Waals surface area contributed by atoms with Crippen LogP contribution in [0.5, 0.6) is 0 Å². The topological polar surface area (TPSA) is 28.2 Å². The molecule has 0 spiro atoms. The maximum Gasteiger partial charge on any atom is 0.182 e. The Balaban J connectivity index is 1.44. The Morgan fingerprint density at radius 2 is 2.21 bits per heavy atom. The molecule has 0 saturated carbocycles. The molecular formula is C15H19N3S. The van der Waals surface area contributed by atoms with Gasteiger partial charge in [0.2, 0.25) is 0 Å². The molecule has 0 aliphatic carbocycles. The van der Waals surface area contributed by atoms with Crippen LogP contribution in [0.25, 0.3) is 0 Å².